The molecule has 1 radical (unpaired) electrons. The van der Waals surface area contributed by atoms with Crippen molar-refractivity contribution in [1.29, 1.82) is 0 Å². The lowest BCUT2D eigenvalue weighted by atomic mass is 10.8. The van der Waals surface area contributed by atoms with E-state index in [1.807, 2.05) is 0 Å². The summed E-state index contributed by atoms with van der Waals surface area (Å²) >= 11 is 0. The van der Waals surface area contributed by atoms with Gasteiger partial charge in [-0.25, -0.2) is 4.39 Å². The molecule has 0 aliphatic carbocycles. The Bertz CT molecular complexity index is 28.7. The third-order valence-electron chi connectivity index (χ3n) is 0.348. The van der Waals surface area contributed by atoms with Gasteiger partial charge in [-0.05, 0) is 6.92 Å². The van der Waals surface area contributed by atoms with Gasteiger partial charge in [0, 0.05) is 13.5 Å². The lowest BCUT2D eigenvalue weighted by Crippen LogP contribution is -1.98. The van der Waals surface area contributed by atoms with E-state index in [2.05, 4.69) is 11.7 Å². The van der Waals surface area contributed by atoms with Crippen molar-refractivity contribution in [2.45, 2.75) is 13.3 Å². The molecule has 0 N–H and O–H groups in total. The SMILES string of the molecule is [CH2]C(F)OCC. The Kier molecular flexibility index (Phi) is 3.04. The van der Waals surface area contributed by atoms with Crippen LogP contribution < -0.4 is 0 Å². The molecule has 0 aliphatic rings. The van der Waals surface area contributed by atoms with Crippen molar-refractivity contribution in [2.75, 3.05) is 6.61 Å². The highest BCUT2D eigenvalue weighted by atomic mass is 19.1. The summed E-state index contributed by atoms with van der Waals surface area (Å²) in [5.74, 6) is 0. The zero-order valence-corrected chi connectivity index (χ0v) is 3.78. The maximum Gasteiger partial charge on any atom is 0.198 e. The molecule has 0 aromatic carbocycles. The van der Waals surface area contributed by atoms with E-state index in [-0.39, 0.29) is 0 Å². The summed E-state index contributed by atoms with van der Waals surface area (Å²) < 4.78 is 15.6. The van der Waals surface area contributed by atoms with Crippen molar-refractivity contribution in [3.05, 3.63) is 6.92 Å². The van der Waals surface area contributed by atoms with Crippen molar-refractivity contribution in [3.63, 3.8) is 0 Å². The fourth-order valence-electron chi connectivity index (χ4n) is 0.181. The molecule has 1 nitrogen and oxygen atoms in total. The molecule has 0 rings (SSSR count). The first-order chi connectivity index (χ1) is 2.77. The second kappa shape index (κ2) is 3.09. The van der Waals surface area contributed by atoms with Crippen LogP contribution in [0.3, 0.4) is 0 Å². The van der Waals surface area contributed by atoms with Gasteiger partial charge in [0.1, 0.15) is 0 Å². The van der Waals surface area contributed by atoms with Crippen LogP contribution in [-0.4, -0.2) is 13.0 Å². The highest BCUT2D eigenvalue weighted by Crippen LogP contribution is 1.86. The molecule has 0 bridgehead atoms. The monoisotopic (exact) mass is 91.1 g/mol. The fraction of sp³-hybridized carbons (Fsp3) is 0.750. The zero-order valence-electron chi connectivity index (χ0n) is 3.78. The van der Waals surface area contributed by atoms with Gasteiger partial charge < -0.3 is 4.74 Å². The van der Waals surface area contributed by atoms with Crippen LogP contribution in [0.2, 0.25) is 0 Å². The van der Waals surface area contributed by atoms with E-state index in [1.165, 1.54) is 0 Å². The first-order valence-corrected chi connectivity index (χ1v) is 1.86. The van der Waals surface area contributed by atoms with Crippen LogP contribution in [0.5, 0.6) is 0 Å². The smallest absolute Gasteiger partial charge is 0.198 e. The highest BCUT2D eigenvalue weighted by Gasteiger charge is 1.89. The third kappa shape index (κ3) is 3.89. The number of rotatable bonds is 2. The standard InChI is InChI=1S/C4H8FO/c1-3-6-4(2)5/h4H,2-3H2,1H3. The minimum absolute atomic E-state index is 0.394. The van der Waals surface area contributed by atoms with Crippen molar-refractivity contribution in [3.8, 4) is 0 Å². The molecule has 0 amide bonds. The Morgan fingerprint density at radius 2 is 2.50 bits per heavy atom. The molecule has 0 fully saturated rings. The molecule has 6 heavy (non-hydrogen) atoms. The lowest BCUT2D eigenvalue weighted by molar-refractivity contribution is 0.00214. The molecule has 1 atom stereocenters. The van der Waals surface area contributed by atoms with E-state index < -0.39 is 6.36 Å². The molecule has 0 spiro atoms. The van der Waals surface area contributed by atoms with E-state index in [9.17, 15) is 4.39 Å². The van der Waals surface area contributed by atoms with Gasteiger partial charge in [0.25, 0.3) is 0 Å². The Morgan fingerprint density at radius 3 is 2.50 bits per heavy atom. The minimum Gasteiger partial charge on any atom is -0.348 e. The third-order valence-corrected chi connectivity index (χ3v) is 0.348. The molecule has 0 heterocycles. The summed E-state index contributed by atoms with van der Waals surface area (Å²) in [5.41, 5.74) is 0. The Morgan fingerprint density at radius 1 is 2.00 bits per heavy atom. The van der Waals surface area contributed by atoms with Gasteiger partial charge in [0.05, 0.1) is 0 Å². The van der Waals surface area contributed by atoms with Gasteiger partial charge in [0.2, 0.25) is 0 Å². The van der Waals surface area contributed by atoms with Gasteiger partial charge in [-0.1, -0.05) is 0 Å². The van der Waals surface area contributed by atoms with Crippen LogP contribution in [0.15, 0.2) is 0 Å². The normalized spacial score (nSPS) is 14.5. The topological polar surface area (TPSA) is 9.23 Å². The first kappa shape index (κ1) is 5.89. The summed E-state index contributed by atoms with van der Waals surface area (Å²) in [4.78, 5) is 0. The van der Waals surface area contributed by atoms with Crippen LogP contribution in [0.4, 0.5) is 4.39 Å². The maximum atomic E-state index is 11.4. The highest BCUT2D eigenvalue weighted by molar-refractivity contribution is 4.36. The average Bonchev–Trinajstić information content (AvgIpc) is 1.35. The number of alkyl halides is 1. The van der Waals surface area contributed by atoms with E-state index >= 15 is 0 Å². The van der Waals surface area contributed by atoms with Crippen molar-refractivity contribution in [2.24, 2.45) is 0 Å². The van der Waals surface area contributed by atoms with Crippen LogP contribution in [-0.2, 0) is 4.74 Å². The summed E-state index contributed by atoms with van der Waals surface area (Å²) in [6, 6.07) is 0. The Labute approximate surface area is 37.1 Å². The number of halogens is 1. The molecule has 2 heteroatoms. The van der Waals surface area contributed by atoms with Gasteiger partial charge in [-0.2, -0.15) is 0 Å². The summed E-state index contributed by atoms with van der Waals surface area (Å²) in [6.45, 7) is 5.05. The predicted molar refractivity (Wildman–Crippen MR) is 21.9 cm³/mol. The maximum absolute atomic E-state index is 11.4. The molecule has 0 aromatic heterocycles. The molecule has 0 saturated heterocycles. The van der Waals surface area contributed by atoms with E-state index in [1.54, 1.807) is 6.92 Å². The van der Waals surface area contributed by atoms with E-state index in [0.29, 0.717) is 6.61 Å². The molecule has 0 aliphatic heterocycles. The Balaban J connectivity index is 2.63. The number of hydrogen-bond acceptors (Lipinski definition) is 1. The molecule has 37 valence electrons. The van der Waals surface area contributed by atoms with Gasteiger partial charge in [-0.15, -0.1) is 0 Å². The second-order valence-corrected chi connectivity index (χ2v) is 0.865. The number of ether oxygens (including phenoxy) is 1. The summed E-state index contributed by atoms with van der Waals surface area (Å²) in [7, 11) is 0. The molecular weight excluding hydrogens is 83.0 g/mol. The Hall–Kier alpha value is -0.110. The quantitative estimate of drug-likeness (QED) is 0.495. The zero-order chi connectivity index (χ0) is 4.99. The predicted octanol–water partition coefficient (Wildman–Crippen LogP) is 1.15. The van der Waals surface area contributed by atoms with Crippen molar-refractivity contribution >= 4 is 0 Å². The minimum atomic E-state index is -1.35. The molecule has 0 aromatic rings. The summed E-state index contributed by atoms with van der Waals surface area (Å²) in [6.07, 6.45) is -1.35. The number of hydrogen-bond donors (Lipinski definition) is 0. The van der Waals surface area contributed by atoms with Gasteiger partial charge in [-0.3, -0.25) is 0 Å². The van der Waals surface area contributed by atoms with Crippen LogP contribution in [0.1, 0.15) is 6.92 Å². The molecule has 1 unspecified atom stereocenters. The van der Waals surface area contributed by atoms with Crippen LogP contribution in [0, 0.1) is 6.92 Å². The van der Waals surface area contributed by atoms with E-state index in [4.69, 9.17) is 0 Å². The molecule has 0 saturated carbocycles. The van der Waals surface area contributed by atoms with Crippen LogP contribution >= 0.6 is 0 Å². The van der Waals surface area contributed by atoms with Crippen molar-refractivity contribution < 1.29 is 9.13 Å². The summed E-state index contributed by atoms with van der Waals surface area (Å²) in [5, 5.41) is 0. The van der Waals surface area contributed by atoms with Crippen LogP contribution in [0.25, 0.3) is 0 Å². The first-order valence-electron chi connectivity index (χ1n) is 1.86. The largest absolute Gasteiger partial charge is 0.348 e. The molecular formula is C4H8FO. The average molecular weight is 91.1 g/mol. The van der Waals surface area contributed by atoms with Gasteiger partial charge >= 0.3 is 0 Å². The second-order valence-electron chi connectivity index (χ2n) is 0.865. The van der Waals surface area contributed by atoms with Gasteiger partial charge in [0.15, 0.2) is 6.36 Å². The van der Waals surface area contributed by atoms with Crippen molar-refractivity contribution in [1.82, 2.24) is 0 Å². The van der Waals surface area contributed by atoms with E-state index in [0.717, 1.165) is 0 Å². The fourth-order valence-corrected chi connectivity index (χ4v) is 0.181. The lowest BCUT2D eigenvalue weighted by Gasteiger charge is -1.96.